The number of hydrogen-bond donors (Lipinski definition) is 2. The average molecular weight is 257 g/mol. The van der Waals surface area contributed by atoms with Gasteiger partial charge in [-0.05, 0) is 26.7 Å². The summed E-state index contributed by atoms with van der Waals surface area (Å²) in [4.78, 5) is 23.1. The molecule has 0 aromatic rings. The fraction of sp³-hybridized carbons (Fsp3) is 0.846. The summed E-state index contributed by atoms with van der Waals surface area (Å²) in [6.45, 7) is 4.13. The van der Waals surface area contributed by atoms with Crippen molar-refractivity contribution in [3.05, 3.63) is 0 Å². The van der Waals surface area contributed by atoms with Gasteiger partial charge in [0.05, 0.1) is 12.7 Å². The van der Waals surface area contributed by atoms with Crippen molar-refractivity contribution in [3.63, 3.8) is 0 Å². The van der Waals surface area contributed by atoms with E-state index in [0.29, 0.717) is 19.4 Å². The summed E-state index contributed by atoms with van der Waals surface area (Å²) < 4.78 is 5.29. The van der Waals surface area contributed by atoms with Crippen molar-refractivity contribution in [2.75, 3.05) is 6.61 Å². The molecule has 0 bridgehead atoms. The number of rotatable bonds is 6. The number of aliphatic carboxylic acids is 1. The first-order chi connectivity index (χ1) is 8.46. The van der Waals surface area contributed by atoms with Gasteiger partial charge in [-0.15, -0.1) is 0 Å². The smallest absolute Gasteiger partial charge is 0.329 e. The molecule has 5 nitrogen and oxygen atoms in total. The number of nitrogens with one attached hydrogen (secondary N) is 1. The van der Waals surface area contributed by atoms with Crippen LogP contribution in [0.5, 0.6) is 0 Å². The second-order valence-corrected chi connectivity index (χ2v) is 5.17. The van der Waals surface area contributed by atoms with E-state index in [2.05, 4.69) is 5.32 Å². The van der Waals surface area contributed by atoms with Crippen LogP contribution in [0.25, 0.3) is 0 Å². The van der Waals surface area contributed by atoms with Crippen LogP contribution >= 0.6 is 0 Å². The number of carbonyl (C=O) groups is 2. The highest BCUT2D eigenvalue weighted by atomic mass is 16.5. The van der Waals surface area contributed by atoms with E-state index in [1.54, 1.807) is 0 Å². The lowest BCUT2D eigenvalue weighted by Gasteiger charge is -2.34. The highest BCUT2D eigenvalue weighted by molar-refractivity contribution is 5.87. The van der Waals surface area contributed by atoms with E-state index >= 15 is 0 Å². The lowest BCUT2D eigenvalue weighted by Crippen LogP contribution is -2.55. The molecular weight excluding hydrogens is 234 g/mol. The van der Waals surface area contributed by atoms with Crippen molar-refractivity contribution in [2.24, 2.45) is 0 Å². The second-order valence-electron chi connectivity index (χ2n) is 5.17. The zero-order valence-corrected chi connectivity index (χ0v) is 11.2. The molecule has 0 aromatic heterocycles. The molecule has 0 aromatic carbocycles. The van der Waals surface area contributed by atoms with E-state index in [1.807, 2.05) is 13.8 Å². The summed E-state index contributed by atoms with van der Waals surface area (Å²) in [5.41, 5.74) is -1.05. The molecule has 2 N–H and O–H groups in total. The quantitative estimate of drug-likeness (QED) is 0.759. The fourth-order valence-corrected chi connectivity index (χ4v) is 2.26. The third-order valence-electron chi connectivity index (χ3n) is 3.28. The standard InChI is InChI=1S/C13H23NO4/c1-10(2)18-9-6-11(15)14-13(12(16)17)7-4-3-5-8-13/h10H,3-9H2,1-2H3,(H,14,15)(H,16,17). The van der Waals surface area contributed by atoms with Crippen molar-refractivity contribution in [1.29, 1.82) is 0 Å². The minimum Gasteiger partial charge on any atom is -0.480 e. The molecule has 0 heterocycles. The van der Waals surface area contributed by atoms with E-state index < -0.39 is 11.5 Å². The summed E-state index contributed by atoms with van der Waals surface area (Å²) in [5, 5.41) is 12.0. The predicted octanol–water partition coefficient (Wildman–Crippen LogP) is 1.71. The van der Waals surface area contributed by atoms with Gasteiger partial charge in [0, 0.05) is 6.42 Å². The van der Waals surface area contributed by atoms with Crippen LogP contribution in [0.1, 0.15) is 52.4 Å². The van der Waals surface area contributed by atoms with E-state index in [9.17, 15) is 14.7 Å². The lowest BCUT2D eigenvalue weighted by atomic mass is 9.81. The van der Waals surface area contributed by atoms with E-state index in [-0.39, 0.29) is 18.4 Å². The van der Waals surface area contributed by atoms with Gasteiger partial charge in [-0.25, -0.2) is 4.79 Å². The van der Waals surface area contributed by atoms with Gasteiger partial charge < -0.3 is 15.2 Å². The van der Waals surface area contributed by atoms with E-state index in [0.717, 1.165) is 19.3 Å². The molecule has 104 valence electrons. The number of hydrogen-bond acceptors (Lipinski definition) is 3. The molecule has 18 heavy (non-hydrogen) atoms. The van der Waals surface area contributed by atoms with Crippen LogP contribution in [0.4, 0.5) is 0 Å². The molecule has 5 heteroatoms. The van der Waals surface area contributed by atoms with Crippen LogP contribution in [0.3, 0.4) is 0 Å². The molecular formula is C13H23NO4. The molecule has 0 saturated heterocycles. The van der Waals surface area contributed by atoms with Gasteiger partial charge in [0.2, 0.25) is 5.91 Å². The van der Waals surface area contributed by atoms with Gasteiger partial charge in [0.1, 0.15) is 5.54 Å². The molecule has 1 rings (SSSR count). The van der Waals surface area contributed by atoms with Crippen molar-refractivity contribution in [2.45, 2.75) is 64.0 Å². The van der Waals surface area contributed by atoms with Crippen molar-refractivity contribution < 1.29 is 19.4 Å². The first kappa shape index (κ1) is 15.0. The Bertz CT molecular complexity index is 295. The number of carbonyl (C=O) groups excluding carboxylic acids is 1. The summed E-state index contributed by atoms with van der Waals surface area (Å²) >= 11 is 0. The topological polar surface area (TPSA) is 75.6 Å². The number of carboxylic acid groups (broad SMARTS) is 1. The van der Waals surface area contributed by atoms with Gasteiger partial charge in [-0.1, -0.05) is 19.3 Å². The Balaban J connectivity index is 2.46. The molecule has 1 aliphatic rings. The Morgan fingerprint density at radius 2 is 1.89 bits per heavy atom. The van der Waals surface area contributed by atoms with E-state index in [4.69, 9.17) is 4.74 Å². The number of ether oxygens (including phenoxy) is 1. The van der Waals surface area contributed by atoms with Gasteiger partial charge in [0.15, 0.2) is 0 Å². The predicted molar refractivity (Wildman–Crippen MR) is 67.3 cm³/mol. The molecule has 0 unspecified atom stereocenters. The van der Waals surface area contributed by atoms with Crippen LogP contribution in [0.15, 0.2) is 0 Å². The highest BCUT2D eigenvalue weighted by Crippen LogP contribution is 2.28. The normalized spacial score (nSPS) is 18.6. The molecule has 0 aliphatic heterocycles. The maximum atomic E-state index is 11.7. The highest BCUT2D eigenvalue weighted by Gasteiger charge is 2.40. The third-order valence-corrected chi connectivity index (χ3v) is 3.28. The minimum absolute atomic E-state index is 0.0842. The molecule has 1 amide bonds. The second kappa shape index (κ2) is 6.73. The zero-order valence-electron chi connectivity index (χ0n) is 11.2. The average Bonchev–Trinajstić information content (AvgIpc) is 2.29. The summed E-state index contributed by atoms with van der Waals surface area (Å²) in [6, 6.07) is 0. The number of amides is 1. The fourth-order valence-electron chi connectivity index (χ4n) is 2.26. The Kier molecular flexibility index (Phi) is 5.59. The van der Waals surface area contributed by atoms with Crippen molar-refractivity contribution >= 4 is 11.9 Å². The number of carboxylic acids is 1. The van der Waals surface area contributed by atoms with Crippen LogP contribution in [-0.2, 0) is 14.3 Å². The Hall–Kier alpha value is -1.10. The zero-order chi connectivity index (χ0) is 13.6. The third kappa shape index (κ3) is 4.29. The first-order valence-electron chi connectivity index (χ1n) is 6.62. The Morgan fingerprint density at radius 3 is 2.39 bits per heavy atom. The molecule has 0 radical (unpaired) electrons. The van der Waals surface area contributed by atoms with Gasteiger partial charge in [0.25, 0.3) is 0 Å². The molecule has 1 fully saturated rings. The van der Waals surface area contributed by atoms with Crippen LogP contribution in [-0.4, -0.2) is 35.2 Å². The largest absolute Gasteiger partial charge is 0.480 e. The van der Waals surface area contributed by atoms with Crippen LogP contribution in [0, 0.1) is 0 Å². The van der Waals surface area contributed by atoms with Gasteiger partial charge >= 0.3 is 5.97 Å². The molecule has 1 aliphatic carbocycles. The van der Waals surface area contributed by atoms with Gasteiger partial charge in [-0.2, -0.15) is 0 Å². The molecule has 0 atom stereocenters. The Labute approximate surface area is 108 Å². The maximum Gasteiger partial charge on any atom is 0.329 e. The first-order valence-corrected chi connectivity index (χ1v) is 6.62. The minimum atomic E-state index is -1.05. The molecule has 0 spiro atoms. The molecule has 1 saturated carbocycles. The van der Waals surface area contributed by atoms with Crippen LogP contribution < -0.4 is 5.32 Å². The SMILES string of the molecule is CC(C)OCCC(=O)NC1(C(=O)O)CCCCC1. The Morgan fingerprint density at radius 1 is 1.28 bits per heavy atom. The van der Waals surface area contributed by atoms with Crippen molar-refractivity contribution in [1.82, 2.24) is 5.32 Å². The lowest BCUT2D eigenvalue weighted by molar-refractivity contribution is -0.149. The summed E-state index contributed by atoms with van der Waals surface area (Å²) in [6.07, 6.45) is 4.11. The summed E-state index contributed by atoms with van der Waals surface area (Å²) in [5.74, 6) is -1.15. The van der Waals surface area contributed by atoms with Crippen molar-refractivity contribution in [3.8, 4) is 0 Å². The monoisotopic (exact) mass is 257 g/mol. The maximum absolute atomic E-state index is 11.7. The van der Waals surface area contributed by atoms with Crippen LogP contribution in [0.2, 0.25) is 0 Å². The van der Waals surface area contributed by atoms with Gasteiger partial charge in [-0.3, -0.25) is 4.79 Å². The van der Waals surface area contributed by atoms with E-state index in [1.165, 1.54) is 0 Å². The summed E-state index contributed by atoms with van der Waals surface area (Å²) in [7, 11) is 0.